The van der Waals surface area contributed by atoms with E-state index in [1.54, 1.807) is 0 Å². The molecule has 0 saturated heterocycles. The number of carbonyl (C=O) groups excluding carboxylic acids is 2. The van der Waals surface area contributed by atoms with Gasteiger partial charge in [0.15, 0.2) is 5.78 Å². The van der Waals surface area contributed by atoms with E-state index in [2.05, 4.69) is 47.6 Å². The van der Waals surface area contributed by atoms with Crippen molar-refractivity contribution < 1.29 is 24.2 Å². The molecule has 5 aliphatic rings. The van der Waals surface area contributed by atoms with E-state index in [0.29, 0.717) is 30.6 Å². The number of carbonyl (C=O) groups is 3. The minimum Gasteiger partial charge on any atom is -0.481 e. The maximum Gasteiger partial charge on any atom is 0.309 e. The molecule has 6 nitrogen and oxygen atoms in total. The Hall–Kier alpha value is -2.42. The van der Waals surface area contributed by atoms with Gasteiger partial charge in [-0.2, -0.15) is 5.26 Å². The monoisotopic (exact) mass is 535 g/mol. The maximum atomic E-state index is 14.5. The van der Waals surface area contributed by atoms with Crippen LogP contribution in [0.3, 0.4) is 0 Å². The molecule has 39 heavy (non-hydrogen) atoms. The lowest BCUT2D eigenvalue weighted by molar-refractivity contribution is -0.180. The molecule has 5 rings (SSSR count). The van der Waals surface area contributed by atoms with Crippen LogP contribution < -0.4 is 0 Å². The van der Waals surface area contributed by atoms with Crippen LogP contribution in [0.2, 0.25) is 0 Å². The van der Waals surface area contributed by atoms with Crippen molar-refractivity contribution in [3.8, 4) is 6.07 Å². The average molecular weight is 536 g/mol. The second-order valence-corrected chi connectivity index (χ2v) is 15.5. The van der Waals surface area contributed by atoms with Gasteiger partial charge in [0.05, 0.1) is 17.1 Å². The van der Waals surface area contributed by atoms with E-state index >= 15 is 0 Å². The highest BCUT2D eigenvalue weighted by Gasteiger charge is 2.70. The number of rotatable bonds is 2. The van der Waals surface area contributed by atoms with Crippen molar-refractivity contribution in [1.82, 2.24) is 0 Å². The number of ether oxygens (including phenoxy) is 1. The molecule has 0 radical (unpaired) electrons. The number of fused-ring (bicyclic) bond motifs is 7. The summed E-state index contributed by atoms with van der Waals surface area (Å²) in [6.07, 6.45) is 8.24. The lowest BCUT2D eigenvalue weighted by atomic mass is 9.33. The molecule has 0 spiro atoms. The molecule has 0 bridgehead atoms. The second-order valence-electron chi connectivity index (χ2n) is 15.5. The van der Waals surface area contributed by atoms with Crippen molar-refractivity contribution >= 4 is 17.7 Å². The fourth-order valence-corrected chi connectivity index (χ4v) is 10.6. The van der Waals surface area contributed by atoms with E-state index < -0.39 is 28.2 Å². The summed E-state index contributed by atoms with van der Waals surface area (Å²) in [5.74, 6) is -0.665. The topological polar surface area (TPSA) is 104 Å². The van der Waals surface area contributed by atoms with E-state index in [4.69, 9.17) is 4.74 Å². The number of allylic oxidation sites excluding steroid dienone is 4. The Balaban J connectivity index is 1.65. The van der Waals surface area contributed by atoms with Crippen molar-refractivity contribution in [1.29, 1.82) is 5.26 Å². The van der Waals surface area contributed by atoms with Crippen LogP contribution in [0.5, 0.6) is 0 Å². The first kappa shape index (κ1) is 28.1. The second kappa shape index (κ2) is 8.30. The van der Waals surface area contributed by atoms with Crippen LogP contribution in [-0.4, -0.2) is 22.8 Å². The van der Waals surface area contributed by atoms with Crippen LogP contribution >= 0.6 is 0 Å². The zero-order valence-electron chi connectivity index (χ0n) is 25.0. The summed E-state index contributed by atoms with van der Waals surface area (Å²) in [7, 11) is 0. The molecular weight excluding hydrogens is 490 g/mol. The van der Waals surface area contributed by atoms with Gasteiger partial charge in [-0.05, 0) is 97.9 Å². The van der Waals surface area contributed by atoms with Crippen LogP contribution in [0.25, 0.3) is 0 Å². The van der Waals surface area contributed by atoms with E-state index in [0.717, 1.165) is 32.1 Å². The summed E-state index contributed by atoms with van der Waals surface area (Å²) in [4.78, 5) is 38.8. The first-order valence-electron chi connectivity index (χ1n) is 14.7. The Kier molecular flexibility index (Phi) is 5.99. The van der Waals surface area contributed by atoms with Crippen LogP contribution in [0.15, 0.2) is 23.0 Å². The summed E-state index contributed by atoms with van der Waals surface area (Å²) >= 11 is 0. The number of carboxylic acids is 1. The predicted octanol–water partition coefficient (Wildman–Crippen LogP) is 7.00. The van der Waals surface area contributed by atoms with E-state index in [1.165, 1.54) is 12.5 Å². The molecule has 0 aromatic heterocycles. The molecule has 3 fully saturated rings. The molecule has 0 heterocycles. The summed E-state index contributed by atoms with van der Waals surface area (Å²) in [5, 5.41) is 20.3. The standard InChI is InChI=1S/C33H45NO5/c1-19(35)39-26-20(18-34)16-31(6)24(28(26,2)3)9-10-33(8)25(31)23(36)15-21-22-17-30(5,27(37)38)12-11-29(22,4)13-14-32(21,33)7/h15,22,24-25H,9-14,16-17H2,1-8H3,(H,37,38)/t22-,24-,25+,29+,30?,31-,32+,33+/m0/s1. The van der Waals surface area contributed by atoms with Crippen LogP contribution in [0, 0.1) is 61.6 Å². The smallest absolute Gasteiger partial charge is 0.309 e. The molecule has 212 valence electrons. The van der Waals surface area contributed by atoms with E-state index in [-0.39, 0.29) is 39.8 Å². The molecular formula is C33H45NO5. The third-order valence-electron chi connectivity index (χ3n) is 13.0. The highest BCUT2D eigenvalue weighted by Crippen LogP contribution is 2.75. The van der Waals surface area contributed by atoms with Crippen LogP contribution in [0.1, 0.15) is 107 Å². The first-order valence-corrected chi connectivity index (χ1v) is 14.7. The van der Waals surface area contributed by atoms with Crippen molar-refractivity contribution in [2.24, 2.45) is 50.2 Å². The summed E-state index contributed by atoms with van der Waals surface area (Å²) in [6, 6.07) is 2.34. The zero-order valence-corrected chi connectivity index (χ0v) is 25.0. The van der Waals surface area contributed by atoms with Crippen LogP contribution in [0.4, 0.5) is 0 Å². The number of carboxylic acid groups (broad SMARTS) is 1. The van der Waals surface area contributed by atoms with E-state index in [9.17, 15) is 24.8 Å². The molecule has 3 saturated carbocycles. The van der Waals surface area contributed by atoms with Crippen molar-refractivity contribution in [2.45, 2.75) is 107 Å². The third-order valence-corrected chi connectivity index (χ3v) is 13.0. The summed E-state index contributed by atoms with van der Waals surface area (Å²) < 4.78 is 5.68. The predicted molar refractivity (Wildman–Crippen MR) is 147 cm³/mol. The number of aliphatic carboxylic acids is 1. The van der Waals surface area contributed by atoms with Gasteiger partial charge in [-0.15, -0.1) is 0 Å². The summed E-state index contributed by atoms with van der Waals surface area (Å²) in [5.41, 5.74) is -0.670. The molecule has 0 amide bonds. The number of ketones is 1. The number of nitrogens with zero attached hydrogens (tertiary/aromatic N) is 1. The van der Waals surface area contributed by atoms with Gasteiger partial charge in [0, 0.05) is 18.3 Å². The quantitative estimate of drug-likeness (QED) is 0.382. The molecule has 0 aliphatic heterocycles. The Morgan fingerprint density at radius 3 is 2.26 bits per heavy atom. The first-order chi connectivity index (χ1) is 17.9. The zero-order chi connectivity index (χ0) is 29.0. The number of hydrogen-bond donors (Lipinski definition) is 1. The lowest BCUT2D eigenvalue weighted by Gasteiger charge is -2.69. The van der Waals surface area contributed by atoms with Gasteiger partial charge >= 0.3 is 11.9 Å². The average Bonchev–Trinajstić information content (AvgIpc) is 2.82. The number of esters is 1. The Morgan fingerprint density at radius 2 is 1.67 bits per heavy atom. The van der Waals surface area contributed by atoms with E-state index in [1.807, 2.05) is 13.0 Å². The Bertz CT molecular complexity index is 1270. The van der Waals surface area contributed by atoms with Gasteiger partial charge in [0.2, 0.25) is 0 Å². The van der Waals surface area contributed by atoms with Gasteiger partial charge in [0.1, 0.15) is 5.76 Å². The summed E-state index contributed by atoms with van der Waals surface area (Å²) in [6.45, 7) is 16.5. The van der Waals surface area contributed by atoms with Gasteiger partial charge in [-0.3, -0.25) is 14.4 Å². The van der Waals surface area contributed by atoms with Crippen molar-refractivity contribution in [2.75, 3.05) is 0 Å². The van der Waals surface area contributed by atoms with Gasteiger partial charge in [-0.25, -0.2) is 0 Å². The molecule has 1 N–H and O–H groups in total. The van der Waals surface area contributed by atoms with Crippen LogP contribution in [-0.2, 0) is 19.1 Å². The minimum absolute atomic E-state index is 0.00730. The normalized spacial score (nSPS) is 46.5. The lowest BCUT2D eigenvalue weighted by Crippen LogP contribution is -2.65. The highest BCUT2D eigenvalue weighted by molar-refractivity contribution is 5.96. The number of nitriles is 1. The van der Waals surface area contributed by atoms with Gasteiger partial charge in [0.25, 0.3) is 0 Å². The third kappa shape index (κ3) is 3.53. The minimum atomic E-state index is -0.777. The molecule has 8 atom stereocenters. The van der Waals surface area contributed by atoms with Crippen molar-refractivity contribution in [3.63, 3.8) is 0 Å². The highest BCUT2D eigenvalue weighted by atomic mass is 16.5. The SMILES string of the molecule is CC(=O)OC1=C(C#N)C[C@]2(C)[C@H]3C(=O)C=C4[C@@H]5CC(C)(C(=O)O)CC[C@]5(C)CC[C@@]4(C)[C@]3(C)CC[C@H]2C1(C)C. The maximum absolute atomic E-state index is 14.5. The largest absolute Gasteiger partial charge is 0.481 e. The van der Waals surface area contributed by atoms with Gasteiger partial charge < -0.3 is 9.84 Å². The fraction of sp³-hybridized carbons (Fsp3) is 0.758. The van der Waals surface area contributed by atoms with Gasteiger partial charge in [-0.1, -0.05) is 47.1 Å². The Morgan fingerprint density at radius 1 is 1.03 bits per heavy atom. The molecule has 1 unspecified atom stereocenters. The Labute approximate surface area is 233 Å². The fourth-order valence-electron chi connectivity index (χ4n) is 10.6. The van der Waals surface area contributed by atoms with Crippen molar-refractivity contribution in [3.05, 3.63) is 23.0 Å². The molecule has 5 aliphatic carbocycles. The molecule has 0 aromatic carbocycles. The molecule has 6 heteroatoms. The molecule has 0 aromatic rings. The number of hydrogen-bond acceptors (Lipinski definition) is 5.